The Morgan fingerprint density at radius 2 is 2.07 bits per heavy atom. The van der Waals surface area contributed by atoms with Gasteiger partial charge < -0.3 is 10.1 Å². The summed E-state index contributed by atoms with van der Waals surface area (Å²) in [7, 11) is -2.28. The molecule has 1 fully saturated rings. The number of carbonyl (C=O) groups is 1. The number of nitrogens with one attached hydrogen (secondary N) is 1. The van der Waals surface area contributed by atoms with Gasteiger partial charge in [-0.1, -0.05) is 24.4 Å². The standard InChI is InChI=1S/C18H27ClN2O4S2/c1-13(18(22)20-10-11-26-15-6-4-5-7-15)21(27(3,23)24)16-12-14(19)8-9-17(16)25-2/h8-9,12-13,15H,4-7,10-11H2,1-3H3,(H,20,22). The van der Waals surface area contributed by atoms with Crippen molar-refractivity contribution in [1.82, 2.24) is 5.32 Å². The smallest absolute Gasteiger partial charge is 0.243 e. The third kappa shape index (κ3) is 6.19. The molecular formula is C18H27ClN2O4S2. The third-order valence-electron chi connectivity index (χ3n) is 4.52. The molecule has 9 heteroatoms. The fraction of sp³-hybridized carbons (Fsp3) is 0.611. The average Bonchev–Trinajstić information content (AvgIpc) is 3.11. The monoisotopic (exact) mass is 434 g/mol. The molecular weight excluding hydrogens is 408 g/mol. The maximum absolute atomic E-state index is 12.6. The number of anilines is 1. The number of carbonyl (C=O) groups excluding carboxylic acids is 1. The maximum atomic E-state index is 12.6. The maximum Gasteiger partial charge on any atom is 0.243 e. The van der Waals surface area contributed by atoms with Gasteiger partial charge in [0.1, 0.15) is 11.8 Å². The van der Waals surface area contributed by atoms with E-state index in [1.807, 2.05) is 11.8 Å². The lowest BCUT2D eigenvalue weighted by Gasteiger charge is -2.29. The highest BCUT2D eigenvalue weighted by Crippen LogP contribution is 2.34. The van der Waals surface area contributed by atoms with Gasteiger partial charge in [-0.25, -0.2) is 8.42 Å². The second-order valence-electron chi connectivity index (χ2n) is 6.62. The summed E-state index contributed by atoms with van der Waals surface area (Å²) in [4.78, 5) is 12.6. The molecule has 152 valence electrons. The number of halogens is 1. The van der Waals surface area contributed by atoms with Gasteiger partial charge in [0.15, 0.2) is 0 Å². The van der Waals surface area contributed by atoms with E-state index >= 15 is 0 Å². The van der Waals surface area contributed by atoms with Crippen LogP contribution < -0.4 is 14.4 Å². The van der Waals surface area contributed by atoms with Crippen LogP contribution in [0.1, 0.15) is 32.6 Å². The van der Waals surface area contributed by atoms with E-state index in [2.05, 4.69) is 5.32 Å². The average molecular weight is 435 g/mol. The highest BCUT2D eigenvalue weighted by atomic mass is 35.5. The first-order valence-electron chi connectivity index (χ1n) is 8.96. The normalized spacial score (nSPS) is 16.1. The van der Waals surface area contributed by atoms with Crippen LogP contribution in [0.2, 0.25) is 5.02 Å². The molecule has 1 aliphatic carbocycles. The molecule has 1 aliphatic rings. The van der Waals surface area contributed by atoms with Crippen LogP contribution in [0.4, 0.5) is 5.69 Å². The minimum Gasteiger partial charge on any atom is -0.495 e. The lowest BCUT2D eigenvalue weighted by atomic mass is 10.2. The van der Waals surface area contributed by atoms with E-state index in [0.29, 0.717) is 22.6 Å². The second kappa shape index (κ2) is 9.89. The van der Waals surface area contributed by atoms with Crippen molar-refractivity contribution in [3.05, 3.63) is 23.2 Å². The van der Waals surface area contributed by atoms with Crippen LogP contribution in [0, 0.1) is 0 Å². The van der Waals surface area contributed by atoms with Crippen LogP contribution in [-0.4, -0.2) is 51.3 Å². The molecule has 1 aromatic carbocycles. The van der Waals surface area contributed by atoms with Crippen molar-refractivity contribution in [2.75, 3.05) is 30.0 Å². The largest absolute Gasteiger partial charge is 0.495 e. The minimum atomic E-state index is -3.73. The molecule has 1 aromatic rings. The molecule has 0 radical (unpaired) electrons. The van der Waals surface area contributed by atoms with Crippen LogP contribution in [0.5, 0.6) is 5.75 Å². The molecule has 1 unspecified atom stereocenters. The predicted molar refractivity (Wildman–Crippen MR) is 113 cm³/mol. The molecule has 0 heterocycles. The zero-order valence-electron chi connectivity index (χ0n) is 15.9. The fourth-order valence-corrected chi connectivity index (χ4v) is 5.78. The van der Waals surface area contributed by atoms with E-state index < -0.39 is 16.1 Å². The van der Waals surface area contributed by atoms with Gasteiger partial charge in [0.05, 0.1) is 19.1 Å². The van der Waals surface area contributed by atoms with E-state index in [1.54, 1.807) is 19.1 Å². The van der Waals surface area contributed by atoms with Crippen molar-refractivity contribution in [1.29, 1.82) is 0 Å². The summed E-state index contributed by atoms with van der Waals surface area (Å²) in [6.07, 6.45) is 6.11. The number of ether oxygens (including phenoxy) is 1. The van der Waals surface area contributed by atoms with Gasteiger partial charge in [0.25, 0.3) is 0 Å². The number of methoxy groups -OCH3 is 1. The number of amides is 1. The third-order valence-corrected chi connectivity index (χ3v) is 7.37. The summed E-state index contributed by atoms with van der Waals surface area (Å²) in [6, 6.07) is 3.75. The Morgan fingerprint density at radius 1 is 1.41 bits per heavy atom. The van der Waals surface area contributed by atoms with Crippen LogP contribution in [0.15, 0.2) is 18.2 Å². The first kappa shape index (κ1) is 22.2. The van der Waals surface area contributed by atoms with Gasteiger partial charge in [-0.2, -0.15) is 11.8 Å². The fourth-order valence-electron chi connectivity index (χ4n) is 3.22. The number of rotatable bonds is 9. The lowest BCUT2D eigenvalue weighted by molar-refractivity contribution is -0.121. The van der Waals surface area contributed by atoms with E-state index in [4.69, 9.17) is 16.3 Å². The molecule has 2 rings (SSSR count). The quantitative estimate of drug-likeness (QED) is 0.603. The van der Waals surface area contributed by atoms with Crippen LogP contribution in [-0.2, 0) is 14.8 Å². The van der Waals surface area contributed by atoms with E-state index in [0.717, 1.165) is 16.3 Å². The summed E-state index contributed by atoms with van der Waals surface area (Å²) in [5.41, 5.74) is 0.246. The Labute approximate surface area is 171 Å². The number of benzene rings is 1. The van der Waals surface area contributed by atoms with Crippen molar-refractivity contribution < 1.29 is 17.9 Å². The van der Waals surface area contributed by atoms with Gasteiger partial charge in [-0.3, -0.25) is 9.10 Å². The van der Waals surface area contributed by atoms with Gasteiger partial charge in [-0.05, 0) is 38.0 Å². The van der Waals surface area contributed by atoms with Gasteiger partial charge in [0.2, 0.25) is 15.9 Å². The number of nitrogens with zero attached hydrogens (tertiary/aromatic N) is 1. The van der Waals surface area contributed by atoms with Crippen LogP contribution in [0.3, 0.4) is 0 Å². The second-order valence-corrected chi connectivity index (χ2v) is 10.3. The number of sulfonamides is 1. The highest BCUT2D eigenvalue weighted by molar-refractivity contribution is 7.99. The van der Waals surface area contributed by atoms with Crippen LogP contribution in [0.25, 0.3) is 0 Å². The molecule has 1 atom stereocenters. The number of hydrogen-bond acceptors (Lipinski definition) is 5. The summed E-state index contributed by atoms with van der Waals surface area (Å²) >= 11 is 7.91. The molecule has 6 nitrogen and oxygen atoms in total. The Hall–Kier alpha value is -1.12. The number of hydrogen-bond donors (Lipinski definition) is 1. The molecule has 1 N–H and O–H groups in total. The van der Waals surface area contributed by atoms with Crippen LogP contribution >= 0.6 is 23.4 Å². The Kier molecular flexibility index (Phi) is 8.12. The van der Waals surface area contributed by atoms with Gasteiger partial charge in [0, 0.05) is 22.6 Å². The van der Waals surface area contributed by atoms with E-state index in [-0.39, 0.29) is 11.6 Å². The molecule has 0 aromatic heterocycles. The van der Waals surface area contributed by atoms with Crippen molar-refractivity contribution in [2.45, 2.75) is 43.9 Å². The lowest BCUT2D eigenvalue weighted by Crippen LogP contribution is -2.48. The minimum absolute atomic E-state index is 0.246. The summed E-state index contributed by atoms with van der Waals surface area (Å²) in [5.74, 6) is 0.804. The number of thioether (sulfide) groups is 1. The molecule has 0 saturated heterocycles. The molecule has 27 heavy (non-hydrogen) atoms. The molecule has 1 amide bonds. The SMILES string of the molecule is COc1ccc(Cl)cc1N(C(C)C(=O)NCCSC1CCCC1)S(C)(=O)=O. The first-order chi connectivity index (χ1) is 12.7. The van der Waals surface area contributed by atoms with E-state index in [9.17, 15) is 13.2 Å². The molecule has 1 saturated carbocycles. The first-order valence-corrected chi connectivity index (χ1v) is 12.2. The van der Waals surface area contributed by atoms with Crippen molar-refractivity contribution >= 4 is 45.0 Å². The summed E-state index contributed by atoms with van der Waals surface area (Å²) in [5, 5.41) is 3.89. The topological polar surface area (TPSA) is 75.7 Å². The van der Waals surface area contributed by atoms with Gasteiger partial charge in [-0.15, -0.1) is 0 Å². The van der Waals surface area contributed by atoms with Crippen molar-refractivity contribution in [2.24, 2.45) is 0 Å². The zero-order chi connectivity index (χ0) is 20.0. The van der Waals surface area contributed by atoms with Crippen molar-refractivity contribution in [3.63, 3.8) is 0 Å². The molecule has 0 bridgehead atoms. The Balaban J connectivity index is 2.07. The Morgan fingerprint density at radius 3 is 2.67 bits per heavy atom. The predicted octanol–water partition coefficient (Wildman–Crippen LogP) is 3.30. The zero-order valence-corrected chi connectivity index (χ0v) is 18.3. The van der Waals surface area contributed by atoms with Crippen molar-refractivity contribution in [3.8, 4) is 5.75 Å². The van der Waals surface area contributed by atoms with Gasteiger partial charge >= 0.3 is 0 Å². The molecule has 0 aliphatic heterocycles. The highest BCUT2D eigenvalue weighted by Gasteiger charge is 2.31. The summed E-state index contributed by atoms with van der Waals surface area (Å²) in [6.45, 7) is 2.06. The summed E-state index contributed by atoms with van der Waals surface area (Å²) < 4.78 is 31.1. The van der Waals surface area contributed by atoms with E-state index in [1.165, 1.54) is 38.9 Å². The Bertz CT molecular complexity index is 752. The molecule has 0 spiro atoms.